The van der Waals surface area contributed by atoms with Crippen molar-refractivity contribution in [2.75, 3.05) is 25.0 Å². The number of anilines is 1. The zero-order chi connectivity index (χ0) is 14.8. The van der Waals surface area contributed by atoms with Crippen LogP contribution in [0.3, 0.4) is 0 Å². The Morgan fingerprint density at radius 3 is 2.85 bits per heavy atom. The van der Waals surface area contributed by atoms with Gasteiger partial charge in [-0.25, -0.2) is 4.39 Å². The molecule has 1 aliphatic rings. The van der Waals surface area contributed by atoms with Crippen LogP contribution < -0.4 is 5.32 Å². The Labute approximate surface area is 118 Å². The van der Waals surface area contributed by atoms with E-state index in [4.69, 9.17) is 0 Å². The van der Waals surface area contributed by atoms with Crippen LogP contribution in [-0.2, 0) is 4.79 Å². The van der Waals surface area contributed by atoms with E-state index >= 15 is 0 Å². The summed E-state index contributed by atoms with van der Waals surface area (Å²) in [5.41, 5.74) is 0.689. The van der Waals surface area contributed by atoms with Gasteiger partial charge in [0.1, 0.15) is 5.82 Å². The second-order valence-corrected chi connectivity index (χ2v) is 5.63. The molecule has 0 spiro atoms. The largest absolute Gasteiger partial charge is 0.387 e. The molecule has 0 atom stereocenters. The monoisotopic (exact) mass is 280 g/mol. The van der Waals surface area contributed by atoms with Crippen LogP contribution in [0.4, 0.5) is 10.1 Å². The molecule has 4 nitrogen and oxygen atoms in total. The summed E-state index contributed by atoms with van der Waals surface area (Å²) in [6.45, 7) is 5.12. The summed E-state index contributed by atoms with van der Waals surface area (Å²) in [6, 6.07) is 4.32. The molecule has 0 aromatic heterocycles. The molecular formula is C15H21FN2O2. The lowest BCUT2D eigenvalue weighted by Gasteiger charge is -2.46. The van der Waals surface area contributed by atoms with Crippen molar-refractivity contribution in [1.82, 2.24) is 4.90 Å². The summed E-state index contributed by atoms with van der Waals surface area (Å²) in [7, 11) is 0. The average molecular weight is 280 g/mol. The molecule has 1 aromatic carbocycles. The fourth-order valence-electron chi connectivity index (χ4n) is 2.64. The number of rotatable bonds is 5. The molecule has 5 heteroatoms. The zero-order valence-electron chi connectivity index (χ0n) is 11.9. The van der Waals surface area contributed by atoms with E-state index in [0.717, 1.165) is 18.4 Å². The molecule has 2 rings (SSSR count). The summed E-state index contributed by atoms with van der Waals surface area (Å²) < 4.78 is 13.1. The second kappa shape index (κ2) is 5.89. The molecule has 1 aliphatic heterocycles. The van der Waals surface area contributed by atoms with Crippen LogP contribution in [0.1, 0.15) is 25.3 Å². The number of halogens is 1. The van der Waals surface area contributed by atoms with E-state index in [0.29, 0.717) is 18.8 Å². The number of amides is 1. The van der Waals surface area contributed by atoms with Crippen molar-refractivity contribution in [1.29, 1.82) is 0 Å². The zero-order valence-corrected chi connectivity index (χ0v) is 11.9. The van der Waals surface area contributed by atoms with E-state index < -0.39 is 5.60 Å². The molecule has 1 amide bonds. The molecule has 20 heavy (non-hydrogen) atoms. The van der Waals surface area contributed by atoms with Crippen LogP contribution in [0.5, 0.6) is 0 Å². The average Bonchev–Trinajstić information content (AvgIpc) is 2.32. The third kappa shape index (κ3) is 3.55. The van der Waals surface area contributed by atoms with Crippen LogP contribution in [0.25, 0.3) is 0 Å². The normalized spacial score (nSPS) is 17.6. The number of hydrogen-bond donors (Lipinski definition) is 2. The van der Waals surface area contributed by atoms with Gasteiger partial charge in [0.15, 0.2) is 0 Å². The summed E-state index contributed by atoms with van der Waals surface area (Å²) in [6.07, 6.45) is 1.69. The summed E-state index contributed by atoms with van der Waals surface area (Å²) in [5, 5.41) is 12.7. The van der Waals surface area contributed by atoms with E-state index in [1.807, 2.05) is 18.7 Å². The number of carbonyl (C=O) groups is 1. The van der Waals surface area contributed by atoms with Crippen LogP contribution in [-0.4, -0.2) is 41.1 Å². The fourth-order valence-corrected chi connectivity index (χ4v) is 2.64. The lowest BCUT2D eigenvalue weighted by atomic mass is 9.89. The number of aryl methyl sites for hydroxylation is 1. The Hall–Kier alpha value is -1.46. The van der Waals surface area contributed by atoms with Crippen molar-refractivity contribution in [3.05, 3.63) is 29.6 Å². The molecule has 1 heterocycles. The minimum absolute atomic E-state index is 0.183. The predicted molar refractivity (Wildman–Crippen MR) is 76.1 cm³/mol. The number of aliphatic hydroxyl groups is 1. The maximum atomic E-state index is 13.1. The number of hydrogen-bond acceptors (Lipinski definition) is 3. The number of benzene rings is 1. The first-order valence-corrected chi connectivity index (χ1v) is 6.92. The molecule has 1 saturated heterocycles. The quantitative estimate of drug-likeness (QED) is 0.866. The number of nitrogens with one attached hydrogen (secondary N) is 1. The highest BCUT2D eigenvalue weighted by Gasteiger charge is 2.40. The third-order valence-corrected chi connectivity index (χ3v) is 3.59. The van der Waals surface area contributed by atoms with Crippen LogP contribution >= 0.6 is 0 Å². The van der Waals surface area contributed by atoms with Crippen molar-refractivity contribution in [3.8, 4) is 0 Å². The van der Waals surface area contributed by atoms with Gasteiger partial charge in [0, 0.05) is 18.8 Å². The van der Waals surface area contributed by atoms with Gasteiger partial charge in [0.05, 0.1) is 12.1 Å². The van der Waals surface area contributed by atoms with Crippen LogP contribution in [0.2, 0.25) is 0 Å². The first-order valence-electron chi connectivity index (χ1n) is 6.92. The van der Waals surface area contributed by atoms with Crippen molar-refractivity contribution >= 4 is 11.6 Å². The van der Waals surface area contributed by atoms with Gasteiger partial charge in [0.25, 0.3) is 0 Å². The van der Waals surface area contributed by atoms with E-state index in [-0.39, 0.29) is 18.3 Å². The van der Waals surface area contributed by atoms with E-state index in [2.05, 4.69) is 5.32 Å². The van der Waals surface area contributed by atoms with Crippen LogP contribution in [0, 0.1) is 12.7 Å². The number of nitrogens with zero attached hydrogens (tertiary/aromatic N) is 1. The maximum Gasteiger partial charge on any atom is 0.238 e. The lowest BCUT2D eigenvalue weighted by molar-refractivity contribution is -0.129. The molecule has 0 saturated carbocycles. The minimum atomic E-state index is -0.635. The highest BCUT2D eigenvalue weighted by atomic mass is 19.1. The topological polar surface area (TPSA) is 52.6 Å². The molecule has 0 aliphatic carbocycles. The smallest absolute Gasteiger partial charge is 0.238 e. The highest BCUT2D eigenvalue weighted by molar-refractivity contribution is 5.93. The highest BCUT2D eigenvalue weighted by Crippen LogP contribution is 2.25. The van der Waals surface area contributed by atoms with Crippen molar-refractivity contribution in [2.45, 2.75) is 32.3 Å². The van der Waals surface area contributed by atoms with E-state index in [9.17, 15) is 14.3 Å². The Bertz CT molecular complexity index is 499. The van der Waals surface area contributed by atoms with Gasteiger partial charge >= 0.3 is 0 Å². The number of likely N-dealkylation sites (tertiary alicyclic amines) is 1. The third-order valence-electron chi connectivity index (χ3n) is 3.59. The summed E-state index contributed by atoms with van der Waals surface area (Å²) >= 11 is 0. The molecule has 110 valence electrons. The number of β-amino-alcohol motifs (C(OH)–C–C–N with tert-alkyl or cyclic N) is 1. The van der Waals surface area contributed by atoms with Crippen molar-refractivity contribution in [2.24, 2.45) is 0 Å². The molecule has 0 radical (unpaired) electrons. The Balaban J connectivity index is 1.84. The Morgan fingerprint density at radius 2 is 2.20 bits per heavy atom. The van der Waals surface area contributed by atoms with Gasteiger partial charge in [-0.3, -0.25) is 9.69 Å². The molecular weight excluding hydrogens is 259 g/mol. The van der Waals surface area contributed by atoms with Gasteiger partial charge < -0.3 is 10.4 Å². The van der Waals surface area contributed by atoms with Gasteiger partial charge in [-0.1, -0.05) is 19.4 Å². The van der Waals surface area contributed by atoms with E-state index in [1.54, 1.807) is 6.07 Å². The van der Waals surface area contributed by atoms with Gasteiger partial charge in [-0.15, -0.1) is 0 Å². The number of carbonyl (C=O) groups excluding carboxylic acids is 1. The lowest BCUT2D eigenvalue weighted by Crippen LogP contribution is -2.62. The second-order valence-electron chi connectivity index (χ2n) is 5.63. The van der Waals surface area contributed by atoms with Crippen molar-refractivity contribution < 1.29 is 14.3 Å². The fraction of sp³-hybridized carbons (Fsp3) is 0.533. The van der Waals surface area contributed by atoms with E-state index in [1.165, 1.54) is 12.1 Å². The summed E-state index contributed by atoms with van der Waals surface area (Å²) in [4.78, 5) is 13.8. The molecule has 0 unspecified atom stereocenters. The molecule has 0 bridgehead atoms. The first-order chi connectivity index (χ1) is 9.42. The molecule has 1 aromatic rings. The SMILES string of the molecule is CCCC1(O)CN(CC(=O)Nc2cc(F)ccc2C)C1. The van der Waals surface area contributed by atoms with Crippen molar-refractivity contribution in [3.63, 3.8) is 0 Å². The standard InChI is InChI=1S/C15H21FN2O2/c1-3-6-15(20)9-18(10-15)8-14(19)17-13-7-12(16)5-4-11(13)2/h4-5,7,20H,3,6,8-10H2,1-2H3,(H,17,19). The molecule has 1 fully saturated rings. The minimum Gasteiger partial charge on any atom is -0.387 e. The first kappa shape index (κ1) is 14.9. The van der Waals surface area contributed by atoms with Gasteiger partial charge in [-0.05, 0) is 31.0 Å². The molecule has 2 N–H and O–H groups in total. The Morgan fingerprint density at radius 1 is 1.50 bits per heavy atom. The Kier molecular flexibility index (Phi) is 4.40. The predicted octanol–water partition coefficient (Wildman–Crippen LogP) is 1.92. The summed E-state index contributed by atoms with van der Waals surface area (Å²) in [5.74, 6) is -0.551. The maximum absolute atomic E-state index is 13.1. The van der Waals surface area contributed by atoms with Gasteiger partial charge in [-0.2, -0.15) is 0 Å². The van der Waals surface area contributed by atoms with Gasteiger partial charge in [0.2, 0.25) is 5.91 Å². The van der Waals surface area contributed by atoms with Crippen LogP contribution in [0.15, 0.2) is 18.2 Å².